The van der Waals surface area contributed by atoms with E-state index in [1.807, 2.05) is 81.4 Å². The first-order valence-electron chi connectivity index (χ1n) is 7.62. The second-order valence-electron chi connectivity index (χ2n) is 5.98. The Hall–Kier alpha value is -2.62. The van der Waals surface area contributed by atoms with E-state index in [4.69, 9.17) is 0 Å². The summed E-state index contributed by atoms with van der Waals surface area (Å²) < 4.78 is 0. The van der Waals surface area contributed by atoms with E-state index >= 15 is 0 Å². The summed E-state index contributed by atoms with van der Waals surface area (Å²) in [6, 6.07) is 18.6. The molecule has 1 unspecified atom stereocenters. The van der Waals surface area contributed by atoms with Crippen LogP contribution in [0, 0.1) is 0 Å². The molecule has 1 N–H and O–H groups in total. The minimum Gasteiger partial charge on any atom is -0.331 e. The van der Waals surface area contributed by atoms with E-state index in [9.17, 15) is 9.59 Å². The van der Waals surface area contributed by atoms with Crippen LogP contribution in [0.25, 0.3) is 0 Å². The molecule has 0 radical (unpaired) electrons. The Kier molecular flexibility index (Phi) is 5.16. The third-order valence-corrected chi connectivity index (χ3v) is 4.05. The summed E-state index contributed by atoms with van der Waals surface area (Å²) in [4.78, 5) is 25.3. The van der Waals surface area contributed by atoms with Gasteiger partial charge in [-0.25, -0.2) is 4.79 Å². The number of rotatable bonds is 5. The van der Waals surface area contributed by atoms with Gasteiger partial charge in [0.05, 0.1) is 11.6 Å². The molecule has 2 aromatic carbocycles. The minimum atomic E-state index is -0.733. The number of imide groups is 1. The van der Waals surface area contributed by atoms with Crippen molar-refractivity contribution in [3.05, 3.63) is 71.8 Å². The third kappa shape index (κ3) is 3.77. The zero-order valence-electron chi connectivity index (χ0n) is 13.7. The van der Waals surface area contributed by atoms with Crippen LogP contribution in [0.4, 0.5) is 4.79 Å². The lowest BCUT2D eigenvalue weighted by molar-refractivity contribution is -0.119. The second-order valence-corrected chi connectivity index (χ2v) is 5.98. The Bertz CT molecular complexity index is 654. The van der Waals surface area contributed by atoms with Gasteiger partial charge in [-0.1, -0.05) is 60.7 Å². The summed E-state index contributed by atoms with van der Waals surface area (Å²) in [5, 5.41) is 2.88. The predicted octanol–water partition coefficient (Wildman–Crippen LogP) is 3.85. The second kappa shape index (κ2) is 7.09. The number of carbonyl (C=O) groups is 2. The van der Waals surface area contributed by atoms with Crippen molar-refractivity contribution in [3.8, 4) is 0 Å². The van der Waals surface area contributed by atoms with Gasteiger partial charge in [0.15, 0.2) is 0 Å². The minimum absolute atomic E-state index is 0.183. The van der Waals surface area contributed by atoms with Gasteiger partial charge in [-0.2, -0.15) is 0 Å². The molecule has 0 saturated carbocycles. The van der Waals surface area contributed by atoms with Crippen LogP contribution in [0.1, 0.15) is 37.9 Å². The smallest absolute Gasteiger partial charge is 0.325 e. The van der Waals surface area contributed by atoms with Crippen LogP contribution in [0.2, 0.25) is 0 Å². The molecule has 2 aromatic rings. The first-order valence-corrected chi connectivity index (χ1v) is 7.62. The van der Waals surface area contributed by atoms with Gasteiger partial charge in [0, 0.05) is 0 Å². The number of amides is 3. The molecular formula is C19H22N2O2. The molecule has 0 bridgehead atoms. The van der Waals surface area contributed by atoms with Crippen LogP contribution >= 0.6 is 0 Å². The lowest BCUT2D eigenvalue weighted by atomic mass is 9.93. The summed E-state index contributed by atoms with van der Waals surface area (Å²) >= 11 is 0. The molecule has 0 aliphatic heterocycles. The van der Waals surface area contributed by atoms with Crippen molar-refractivity contribution in [2.24, 2.45) is 0 Å². The topological polar surface area (TPSA) is 49.4 Å². The maximum Gasteiger partial charge on any atom is 0.325 e. The fourth-order valence-electron chi connectivity index (χ4n) is 2.50. The van der Waals surface area contributed by atoms with E-state index in [2.05, 4.69) is 5.32 Å². The van der Waals surface area contributed by atoms with Crippen LogP contribution in [-0.4, -0.2) is 17.3 Å². The zero-order chi connectivity index (χ0) is 16.9. The van der Waals surface area contributed by atoms with Crippen molar-refractivity contribution in [2.45, 2.75) is 32.4 Å². The molecule has 3 amide bonds. The van der Waals surface area contributed by atoms with Gasteiger partial charge < -0.3 is 5.32 Å². The summed E-state index contributed by atoms with van der Waals surface area (Å²) in [7, 11) is 0. The molecule has 23 heavy (non-hydrogen) atoms. The van der Waals surface area contributed by atoms with Crippen molar-refractivity contribution in [2.75, 3.05) is 0 Å². The highest BCUT2D eigenvalue weighted by Gasteiger charge is 2.33. The number of benzene rings is 2. The number of nitrogens with zero attached hydrogens (tertiary/aromatic N) is 1. The molecule has 1 atom stereocenters. The Balaban J connectivity index is 2.17. The molecule has 120 valence electrons. The molecule has 0 aliphatic carbocycles. The molecule has 4 nitrogen and oxygen atoms in total. The number of hydrogen-bond acceptors (Lipinski definition) is 2. The number of nitrogens with one attached hydrogen (secondary N) is 1. The maximum atomic E-state index is 12.6. The summed E-state index contributed by atoms with van der Waals surface area (Å²) in [5.74, 6) is 0. The number of hydrogen-bond donors (Lipinski definition) is 1. The van der Waals surface area contributed by atoms with Gasteiger partial charge in [-0.3, -0.25) is 9.69 Å². The molecule has 4 heteroatoms. The summed E-state index contributed by atoms with van der Waals surface area (Å²) in [6.07, 6.45) is 0.583. The molecule has 0 saturated heterocycles. The van der Waals surface area contributed by atoms with E-state index in [1.54, 1.807) is 0 Å². The lowest BCUT2D eigenvalue weighted by Gasteiger charge is -2.35. The molecule has 0 heterocycles. The maximum absolute atomic E-state index is 12.6. The molecular weight excluding hydrogens is 288 g/mol. The largest absolute Gasteiger partial charge is 0.331 e. The Labute approximate surface area is 137 Å². The third-order valence-electron chi connectivity index (χ3n) is 4.05. The zero-order valence-corrected chi connectivity index (χ0v) is 13.7. The fourth-order valence-corrected chi connectivity index (χ4v) is 2.50. The predicted molar refractivity (Wildman–Crippen MR) is 90.8 cm³/mol. The fraction of sp³-hybridized carbons (Fsp3) is 0.263. The van der Waals surface area contributed by atoms with E-state index in [-0.39, 0.29) is 6.04 Å². The average molecular weight is 310 g/mol. The summed E-state index contributed by atoms with van der Waals surface area (Å²) in [5.41, 5.74) is 1.16. The molecule has 2 rings (SSSR count). The molecule has 0 aliphatic rings. The van der Waals surface area contributed by atoms with Crippen LogP contribution < -0.4 is 5.32 Å². The van der Waals surface area contributed by atoms with E-state index in [0.717, 1.165) is 11.1 Å². The first kappa shape index (κ1) is 16.7. The van der Waals surface area contributed by atoms with E-state index in [1.165, 1.54) is 4.90 Å². The van der Waals surface area contributed by atoms with Crippen molar-refractivity contribution < 1.29 is 9.59 Å². The van der Waals surface area contributed by atoms with Crippen molar-refractivity contribution >= 4 is 12.4 Å². The van der Waals surface area contributed by atoms with Gasteiger partial charge in [-0.15, -0.1) is 0 Å². The van der Waals surface area contributed by atoms with Crippen LogP contribution in [-0.2, 0) is 10.3 Å². The quantitative estimate of drug-likeness (QED) is 0.853. The Morgan fingerprint density at radius 2 is 1.57 bits per heavy atom. The standard InChI is InChI=1S/C19H22N2O2/c1-15(16-10-6-4-7-11-16)20-18(23)21(14-22)19(2,3)17-12-8-5-9-13-17/h4-15H,1-3H3,(H,20,23). The Morgan fingerprint density at radius 3 is 2.09 bits per heavy atom. The molecule has 0 aromatic heterocycles. The van der Waals surface area contributed by atoms with Gasteiger partial charge in [-0.05, 0) is 31.9 Å². The molecule has 0 spiro atoms. The van der Waals surface area contributed by atoms with Gasteiger partial charge in [0.25, 0.3) is 0 Å². The number of urea groups is 1. The lowest BCUT2D eigenvalue weighted by Crippen LogP contribution is -2.49. The first-order chi connectivity index (χ1) is 11.0. The monoisotopic (exact) mass is 310 g/mol. The van der Waals surface area contributed by atoms with Gasteiger partial charge in [0.1, 0.15) is 0 Å². The molecule has 0 fully saturated rings. The van der Waals surface area contributed by atoms with Crippen LogP contribution in [0.5, 0.6) is 0 Å². The highest BCUT2D eigenvalue weighted by molar-refractivity contribution is 5.86. The highest BCUT2D eigenvalue weighted by Crippen LogP contribution is 2.27. The SMILES string of the molecule is CC(NC(=O)N(C=O)C(C)(C)c1ccccc1)c1ccccc1. The highest BCUT2D eigenvalue weighted by atomic mass is 16.2. The van der Waals surface area contributed by atoms with Crippen molar-refractivity contribution in [3.63, 3.8) is 0 Å². The Morgan fingerprint density at radius 1 is 1.04 bits per heavy atom. The average Bonchev–Trinajstić information content (AvgIpc) is 2.56. The van der Waals surface area contributed by atoms with Crippen LogP contribution in [0.3, 0.4) is 0 Å². The van der Waals surface area contributed by atoms with Crippen LogP contribution in [0.15, 0.2) is 60.7 Å². The van der Waals surface area contributed by atoms with E-state index in [0.29, 0.717) is 6.41 Å². The normalized spacial score (nSPS) is 12.3. The number of carbonyl (C=O) groups excluding carboxylic acids is 2. The van der Waals surface area contributed by atoms with Gasteiger partial charge in [0.2, 0.25) is 6.41 Å². The van der Waals surface area contributed by atoms with Crippen molar-refractivity contribution in [1.82, 2.24) is 10.2 Å². The van der Waals surface area contributed by atoms with Gasteiger partial charge >= 0.3 is 6.03 Å². The summed E-state index contributed by atoms with van der Waals surface area (Å²) in [6.45, 7) is 5.60. The van der Waals surface area contributed by atoms with E-state index < -0.39 is 11.6 Å². The van der Waals surface area contributed by atoms with Crippen molar-refractivity contribution in [1.29, 1.82) is 0 Å².